The average molecular weight is 472 g/mol. The van der Waals surface area contributed by atoms with E-state index in [-0.39, 0.29) is 25.2 Å². The summed E-state index contributed by atoms with van der Waals surface area (Å²) in [5.41, 5.74) is 2.14. The van der Waals surface area contributed by atoms with E-state index in [0.717, 1.165) is 18.7 Å². The number of ether oxygens (including phenoxy) is 3. The monoisotopic (exact) mass is 471 g/mol. The van der Waals surface area contributed by atoms with Crippen LogP contribution in [0.25, 0.3) is 0 Å². The van der Waals surface area contributed by atoms with E-state index < -0.39 is 24.2 Å². The Bertz CT molecular complexity index is 930. The highest BCUT2D eigenvalue weighted by Crippen LogP contribution is 2.19. The molecule has 0 heterocycles. The zero-order valence-electron chi connectivity index (χ0n) is 19.9. The van der Waals surface area contributed by atoms with Crippen molar-refractivity contribution in [3.8, 4) is 5.75 Å². The Morgan fingerprint density at radius 2 is 1.56 bits per heavy atom. The molecule has 0 amide bonds. The smallest absolute Gasteiger partial charge is 0.387 e. The topological polar surface area (TPSA) is 102 Å². The summed E-state index contributed by atoms with van der Waals surface area (Å²) < 4.78 is 15.1. The second-order valence-corrected chi connectivity index (χ2v) is 8.28. The van der Waals surface area contributed by atoms with Gasteiger partial charge in [-0.25, -0.2) is 4.79 Å². The zero-order chi connectivity index (χ0) is 24.9. The van der Waals surface area contributed by atoms with Gasteiger partial charge < -0.3 is 19.3 Å². The highest BCUT2D eigenvalue weighted by Gasteiger charge is 2.25. The number of nitrogens with zero attached hydrogens (tertiary/aromatic N) is 1. The molecule has 1 atom stereocenters. The largest absolute Gasteiger partial charge is 0.476 e. The quantitative estimate of drug-likeness (QED) is 0.326. The summed E-state index contributed by atoms with van der Waals surface area (Å²) in [4.78, 5) is 37.2. The maximum Gasteiger partial charge on any atom is 0.387 e. The van der Waals surface area contributed by atoms with Crippen molar-refractivity contribution >= 4 is 17.9 Å². The van der Waals surface area contributed by atoms with Gasteiger partial charge >= 0.3 is 24.2 Å². The van der Waals surface area contributed by atoms with E-state index in [1.54, 1.807) is 25.1 Å². The Balaban J connectivity index is 2.02. The minimum atomic E-state index is -1.82. The molecular formula is C26H33NO7. The van der Waals surface area contributed by atoms with E-state index in [0.29, 0.717) is 12.5 Å². The van der Waals surface area contributed by atoms with E-state index in [1.165, 1.54) is 5.56 Å². The fraction of sp³-hybridized carbons (Fsp3) is 0.423. The first kappa shape index (κ1) is 26.9. The predicted molar refractivity (Wildman–Crippen MR) is 126 cm³/mol. The molecule has 0 bridgehead atoms. The molecule has 1 unspecified atom stereocenters. The summed E-state index contributed by atoms with van der Waals surface area (Å²) in [5, 5.41) is 9.42. The van der Waals surface area contributed by atoms with Crippen molar-refractivity contribution < 1.29 is 33.7 Å². The number of aliphatic carboxylic acids is 1. The van der Waals surface area contributed by atoms with Crippen LogP contribution in [0.5, 0.6) is 5.75 Å². The summed E-state index contributed by atoms with van der Waals surface area (Å²) in [6.07, 6.45) is -2.31. The first-order valence-electron chi connectivity index (χ1n) is 11.4. The number of hydrogen-bond donors (Lipinski definition) is 1. The summed E-state index contributed by atoms with van der Waals surface area (Å²) >= 11 is 0. The second kappa shape index (κ2) is 14.0. The zero-order valence-corrected chi connectivity index (χ0v) is 19.9. The Labute approximate surface area is 200 Å². The van der Waals surface area contributed by atoms with Crippen LogP contribution in [0, 0.1) is 5.92 Å². The summed E-state index contributed by atoms with van der Waals surface area (Å²) in [5.74, 6) is -2.12. The normalized spacial score (nSPS) is 11.8. The summed E-state index contributed by atoms with van der Waals surface area (Å²) in [7, 11) is 0. The molecule has 2 rings (SSSR count). The third-order valence-electron chi connectivity index (χ3n) is 4.70. The highest BCUT2D eigenvalue weighted by atomic mass is 16.7. The van der Waals surface area contributed by atoms with Crippen LogP contribution < -0.4 is 4.74 Å². The van der Waals surface area contributed by atoms with Crippen molar-refractivity contribution in [3.63, 3.8) is 0 Å². The Hall–Kier alpha value is -3.39. The number of carboxylic acids is 1. The number of carboxylic acid groups (broad SMARTS) is 1. The van der Waals surface area contributed by atoms with E-state index in [2.05, 4.69) is 30.9 Å². The van der Waals surface area contributed by atoms with Crippen molar-refractivity contribution in [2.75, 3.05) is 13.2 Å². The van der Waals surface area contributed by atoms with Crippen LogP contribution in [-0.2, 0) is 36.9 Å². The number of rotatable bonds is 14. The van der Waals surface area contributed by atoms with Crippen molar-refractivity contribution in [2.45, 2.75) is 53.0 Å². The molecule has 8 nitrogen and oxygen atoms in total. The van der Waals surface area contributed by atoms with Gasteiger partial charge in [0.1, 0.15) is 5.75 Å². The van der Waals surface area contributed by atoms with E-state index in [4.69, 9.17) is 14.2 Å². The van der Waals surface area contributed by atoms with Crippen LogP contribution in [-0.4, -0.2) is 47.4 Å². The molecule has 2 aromatic rings. The first-order valence-corrected chi connectivity index (χ1v) is 11.4. The summed E-state index contributed by atoms with van der Waals surface area (Å²) in [6, 6.07) is 17.2. The third kappa shape index (κ3) is 10.0. The lowest BCUT2D eigenvalue weighted by Gasteiger charge is -2.25. The molecule has 184 valence electrons. The molecule has 8 heteroatoms. The van der Waals surface area contributed by atoms with Crippen molar-refractivity contribution in [3.05, 3.63) is 65.7 Å². The van der Waals surface area contributed by atoms with Gasteiger partial charge in [0.2, 0.25) is 0 Å². The molecule has 0 aromatic heterocycles. The second-order valence-electron chi connectivity index (χ2n) is 8.28. The van der Waals surface area contributed by atoms with E-state index in [1.807, 2.05) is 24.3 Å². The molecule has 0 aliphatic carbocycles. The van der Waals surface area contributed by atoms with Crippen LogP contribution in [0.15, 0.2) is 54.6 Å². The highest BCUT2D eigenvalue weighted by molar-refractivity contribution is 5.80. The fourth-order valence-corrected chi connectivity index (χ4v) is 3.38. The van der Waals surface area contributed by atoms with Crippen LogP contribution in [0.4, 0.5) is 0 Å². The third-order valence-corrected chi connectivity index (χ3v) is 4.70. The van der Waals surface area contributed by atoms with Crippen LogP contribution >= 0.6 is 0 Å². The number of benzene rings is 2. The molecule has 0 aliphatic heterocycles. The van der Waals surface area contributed by atoms with Gasteiger partial charge in [-0.3, -0.25) is 14.5 Å². The van der Waals surface area contributed by atoms with Gasteiger partial charge in [0.25, 0.3) is 0 Å². The van der Waals surface area contributed by atoms with Crippen molar-refractivity contribution in [1.82, 2.24) is 4.90 Å². The average Bonchev–Trinajstić information content (AvgIpc) is 2.78. The fourth-order valence-electron chi connectivity index (χ4n) is 3.38. The summed E-state index contributed by atoms with van der Waals surface area (Å²) in [6.45, 7) is 8.47. The SMILES string of the molecule is CCOC(=O)CCC(=O)OC(Oc1cccc(CN(Cc2ccccc2)CC(C)C)c1)C(=O)O. The van der Waals surface area contributed by atoms with Gasteiger partial charge in [0.05, 0.1) is 19.4 Å². The van der Waals surface area contributed by atoms with Gasteiger partial charge in [-0.05, 0) is 36.1 Å². The van der Waals surface area contributed by atoms with Crippen molar-refractivity contribution in [2.24, 2.45) is 5.92 Å². The maximum absolute atomic E-state index is 12.0. The van der Waals surface area contributed by atoms with Gasteiger partial charge in [0.15, 0.2) is 0 Å². The molecule has 0 spiro atoms. The minimum absolute atomic E-state index is 0.193. The molecule has 0 aliphatic rings. The predicted octanol–water partition coefficient (Wildman–Crippen LogP) is 4.02. The number of esters is 2. The van der Waals surface area contributed by atoms with Gasteiger partial charge in [-0.1, -0.05) is 56.3 Å². The Morgan fingerprint density at radius 1 is 0.912 bits per heavy atom. The van der Waals surface area contributed by atoms with Crippen LogP contribution in [0.3, 0.4) is 0 Å². The van der Waals surface area contributed by atoms with Crippen LogP contribution in [0.1, 0.15) is 44.7 Å². The first-order chi connectivity index (χ1) is 16.3. The molecule has 1 N–H and O–H groups in total. The molecule has 0 saturated carbocycles. The van der Waals surface area contributed by atoms with E-state index in [9.17, 15) is 19.5 Å². The lowest BCUT2D eigenvalue weighted by molar-refractivity contribution is -0.183. The van der Waals surface area contributed by atoms with Gasteiger partial charge in [-0.2, -0.15) is 0 Å². The van der Waals surface area contributed by atoms with Crippen LogP contribution in [0.2, 0.25) is 0 Å². The number of carbonyl (C=O) groups excluding carboxylic acids is 2. The standard InChI is InChI=1S/C26H33NO7/c1-4-32-23(28)13-14-24(29)34-26(25(30)31)33-22-12-8-11-21(15-22)18-27(16-19(2)3)17-20-9-6-5-7-10-20/h5-12,15,19,26H,4,13-14,16-18H2,1-3H3,(H,30,31). The van der Waals surface area contributed by atoms with Crippen molar-refractivity contribution in [1.29, 1.82) is 0 Å². The molecule has 0 fully saturated rings. The molecule has 0 radical (unpaired) electrons. The maximum atomic E-state index is 12.0. The van der Waals surface area contributed by atoms with Gasteiger partial charge in [-0.15, -0.1) is 0 Å². The van der Waals surface area contributed by atoms with E-state index >= 15 is 0 Å². The minimum Gasteiger partial charge on any atom is -0.476 e. The Morgan fingerprint density at radius 3 is 2.21 bits per heavy atom. The molecule has 34 heavy (non-hydrogen) atoms. The molecule has 2 aromatic carbocycles. The molecular weight excluding hydrogens is 438 g/mol. The molecule has 0 saturated heterocycles. The van der Waals surface area contributed by atoms with Gasteiger partial charge in [0, 0.05) is 19.6 Å². The number of hydrogen-bond acceptors (Lipinski definition) is 7. The lowest BCUT2D eigenvalue weighted by Crippen LogP contribution is -2.32. The Kier molecular flexibility index (Phi) is 11.1. The number of carbonyl (C=O) groups is 3. The lowest BCUT2D eigenvalue weighted by atomic mass is 10.1.